The zero-order valence-corrected chi connectivity index (χ0v) is 29.3. The topological polar surface area (TPSA) is 99.9 Å². The van der Waals surface area contributed by atoms with Crippen LogP contribution in [0.15, 0.2) is 50.6 Å². The van der Waals surface area contributed by atoms with E-state index in [1.165, 1.54) is 89.2 Å². The maximum atomic E-state index is 13.7. The second kappa shape index (κ2) is 20.3. The van der Waals surface area contributed by atoms with Gasteiger partial charge in [0.2, 0.25) is 0 Å². The molecule has 0 amide bonds. The average molecular weight is 665 g/mol. The van der Waals surface area contributed by atoms with E-state index in [1.54, 1.807) is 24.3 Å². The Hall–Kier alpha value is -1.94. The summed E-state index contributed by atoms with van der Waals surface area (Å²) in [5.41, 5.74) is 0.755. The van der Waals surface area contributed by atoms with Crippen LogP contribution in [0.3, 0.4) is 0 Å². The molecule has 0 bridgehead atoms. The Morgan fingerprint density at radius 2 is 0.956 bits per heavy atom. The van der Waals surface area contributed by atoms with Crippen molar-refractivity contribution in [3.63, 3.8) is 0 Å². The lowest BCUT2D eigenvalue weighted by Crippen LogP contribution is -2.16. The van der Waals surface area contributed by atoms with Gasteiger partial charge in [-0.05, 0) is 31.0 Å². The van der Waals surface area contributed by atoms with Crippen molar-refractivity contribution in [1.82, 2.24) is 0 Å². The first-order chi connectivity index (χ1) is 21.8. The molecule has 0 saturated heterocycles. The van der Waals surface area contributed by atoms with Crippen molar-refractivity contribution in [1.29, 1.82) is 0 Å². The van der Waals surface area contributed by atoms with Crippen LogP contribution in [0.25, 0.3) is 21.9 Å². The normalized spacial score (nSPS) is 12.5. The summed E-state index contributed by atoms with van der Waals surface area (Å²) in [4.78, 5) is -0.809. The fourth-order valence-corrected chi connectivity index (χ4v) is 8.72. The summed E-state index contributed by atoms with van der Waals surface area (Å²) in [5.74, 6) is 0. The summed E-state index contributed by atoms with van der Waals surface area (Å²) in [7, 11) is -8.82. The van der Waals surface area contributed by atoms with Gasteiger partial charge in [0.15, 0.2) is 0 Å². The molecule has 9 heteroatoms. The molecule has 1 heterocycles. The molecule has 0 saturated carbocycles. The first-order valence-electron chi connectivity index (χ1n) is 17.5. The molecule has 254 valence electrons. The van der Waals surface area contributed by atoms with Gasteiger partial charge >= 0.3 is 0 Å². The predicted molar refractivity (Wildman–Crippen MR) is 184 cm³/mol. The molecular weight excluding hydrogens is 609 g/mol. The van der Waals surface area contributed by atoms with Gasteiger partial charge < -0.3 is 4.42 Å². The Labute approximate surface area is 272 Å². The van der Waals surface area contributed by atoms with Gasteiger partial charge in [0, 0.05) is 5.39 Å². The van der Waals surface area contributed by atoms with Crippen LogP contribution in [0.1, 0.15) is 142 Å². The largest absolute Gasteiger partial charge is 0.456 e. The number of furan rings is 1. The molecule has 0 fully saturated rings. The minimum Gasteiger partial charge on any atom is -0.456 e. The molecule has 0 aliphatic rings. The zero-order chi connectivity index (χ0) is 32.4. The molecule has 0 atom stereocenters. The van der Waals surface area contributed by atoms with E-state index in [4.69, 9.17) is 12.8 Å². The number of benzene rings is 2. The van der Waals surface area contributed by atoms with E-state index >= 15 is 0 Å². The number of para-hydroxylation sites is 1. The third-order valence-electron chi connectivity index (χ3n) is 8.45. The molecular formula is C36H56O7S2. The van der Waals surface area contributed by atoms with Crippen molar-refractivity contribution in [3.05, 3.63) is 36.4 Å². The first kappa shape index (κ1) is 37.5. The van der Waals surface area contributed by atoms with E-state index in [-0.39, 0.29) is 24.2 Å². The Morgan fingerprint density at radius 1 is 0.511 bits per heavy atom. The Balaban J connectivity index is 1.61. The van der Waals surface area contributed by atoms with E-state index in [1.807, 2.05) is 0 Å². The number of rotatable bonds is 26. The highest BCUT2D eigenvalue weighted by Crippen LogP contribution is 2.38. The van der Waals surface area contributed by atoms with Gasteiger partial charge in [-0.25, -0.2) is 0 Å². The summed E-state index contributed by atoms with van der Waals surface area (Å²) < 4.78 is 71.0. The standard InChI is InChI=1S/C36H56O7S2/c1-3-5-7-9-11-13-15-17-19-23-29-41-44(37,38)34-28-27-33-35(31-25-21-22-26-32(31)43-33)36(34)45(39,40)42-30-24-20-18-16-14-12-10-8-6-4-2/h21-22,25-28H,3-20,23-24,29-30H2,1-2H3. The highest BCUT2D eigenvalue weighted by atomic mass is 32.2. The second-order valence-corrected chi connectivity index (χ2v) is 15.4. The number of hydrogen-bond acceptors (Lipinski definition) is 7. The maximum absolute atomic E-state index is 13.7. The molecule has 2 aromatic carbocycles. The van der Waals surface area contributed by atoms with Crippen molar-refractivity contribution in [2.24, 2.45) is 0 Å². The van der Waals surface area contributed by atoms with Crippen LogP contribution >= 0.6 is 0 Å². The lowest BCUT2D eigenvalue weighted by atomic mass is 10.1. The van der Waals surface area contributed by atoms with Crippen LogP contribution in [0, 0.1) is 0 Å². The van der Waals surface area contributed by atoms with E-state index in [0.717, 1.165) is 38.5 Å². The molecule has 0 aliphatic heterocycles. The fraction of sp³-hybridized carbons (Fsp3) is 0.667. The predicted octanol–water partition coefficient (Wildman–Crippen LogP) is 10.8. The van der Waals surface area contributed by atoms with Gasteiger partial charge in [-0.2, -0.15) is 16.8 Å². The molecule has 0 N–H and O–H groups in total. The summed E-state index contributed by atoms with van der Waals surface area (Å²) in [6.07, 6.45) is 22.3. The number of fused-ring (bicyclic) bond motifs is 3. The molecule has 3 rings (SSSR count). The monoisotopic (exact) mass is 664 g/mol. The summed E-state index contributed by atoms with van der Waals surface area (Å²) in [6, 6.07) is 9.76. The van der Waals surface area contributed by atoms with Crippen molar-refractivity contribution in [2.45, 2.75) is 152 Å². The molecule has 7 nitrogen and oxygen atoms in total. The van der Waals surface area contributed by atoms with E-state index in [9.17, 15) is 16.8 Å². The van der Waals surface area contributed by atoms with Crippen molar-refractivity contribution in [2.75, 3.05) is 13.2 Å². The molecule has 0 aliphatic carbocycles. The quantitative estimate of drug-likeness (QED) is 0.0622. The van der Waals surface area contributed by atoms with Crippen LogP contribution in [-0.2, 0) is 28.6 Å². The van der Waals surface area contributed by atoms with Crippen LogP contribution < -0.4 is 0 Å². The van der Waals surface area contributed by atoms with Gasteiger partial charge in [0.25, 0.3) is 20.2 Å². The van der Waals surface area contributed by atoms with Crippen molar-refractivity contribution in [3.8, 4) is 0 Å². The van der Waals surface area contributed by atoms with Crippen molar-refractivity contribution >= 4 is 42.2 Å². The number of unbranched alkanes of at least 4 members (excludes halogenated alkanes) is 18. The summed E-state index contributed by atoms with van der Waals surface area (Å²) >= 11 is 0. The molecule has 1 aromatic heterocycles. The highest BCUT2D eigenvalue weighted by molar-refractivity contribution is 7.90. The van der Waals surface area contributed by atoms with Gasteiger partial charge in [-0.3, -0.25) is 8.37 Å². The highest BCUT2D eigenvalue weighted by Gasteiger charge is 2.32. The fourth-order valence-electron chi connectivity index (χ4n) is 5.85. The zero-order valence-electron chi connectivity index (χ0n) is 27.7. The molecule has 3 aromatic rings. The van der Waals surface area contributed by atoms with E-state index in [2.05, 4.69) is 13.8 Å². The average Bonchev–Trinajstić information content (AvgIpc) is 3.40. The minimum atomic E-state index is -4.45. The first-order valence-corrected chi connectivity index (χ1v) is 20.4. The van der Waals surface area contributed by atoms with Gasteiger partial charge in [0.05, 0.1) is 18.6 Å². The minimum absolute atomic E-state index is 0.00194. The number of hydrogen-bond donors (Lipinski definition) is 0. The summed E-state index contributed by atoms with van der Waals surface area (Å²) in [6.45, 7) is 4.42. The van der Waals surface area contributed by atoms with Gasteiger partial charge in [0.1, 0.15) is 21.0 Å². The third-order valence-corrected chi connectivity index (χ3v) is 11.3. The Kier molecular flexibility index (Phi) is 16.9. The molecule has 0 unspecified atom stereocenters. The SMILES string of the molecule is CCCCCCCCCCCCOS(=O)(=O)c1ccc2oc3ccccc3c2c1S(=O)(=O)OCCCCCCCCCCCC. The van der Waals surface area contributed by atoms with Gasteiger partial charge in [-0.15, -0.1) is 0 Å². The van der Waals surface area contributed by atoms with Crippen LogP contribution in [0.2, 0.25) is 0 Å². The molecule has 0 spiro atoms. The van der Waals surface area contributed by atoms with E-state index in [0.29, 0.717) is 23.8 Å². The van der Waals surface area contributed by atoms with Crippen LogP contribution in [0.5, 0.6) is 0 Å². The Morgan fingerprint density at radius 3 is 1.47 bits per heavy atom. The second-order valence-electron chi connectivity index (χ2n) is 12.3. The third kappa shape index (κ3) is 12.3. The maximum Gasteiger partial charge on any atom is 0.299 e. The van der Waals surface area contributed by atoms with Crippen LogP contribution in [0.4, 0.5) is 0 Å². The molecule has 0 radical (unpaired) electrons. The van der Waals surface area contributed by atoms with Gasteiger partial charge in [-0.1, -0.05) is 148 Å². The Bertz CT molecular complexity index is 1480. The smallest absolute Gasteiger partial charge is 0.299 e. The van der Waals surface area contributed by atoms with Crippen molar-refractivity contribution < 1.29 is 29.6 Å². The molecule has 45 heavy (non-hydrogen) atoms. The summed E-state index contributed by atoms with van der Waals surface area (Å²) in [5, 5.41) is 0.720. The lowest BCUT2D eigenvalue weighted by Gasteiger charge is -2.13. The van der Waals surface area contributed by atoms with E-state index < -0.39 is 30.0 Å². The van der Waals surface area contributed by atoms with Crippen LogP contribution in [-0.4, -0.2) is 30.0 Å². The lowest BCUT2D eigenvalue weighted by molar-refractivity contribution is 0.299.